The molecule has 0 aliphatic rings. The maximum absolute atomic E-state index is 7.51. The third kappa shape index (κ3) is 0.998. The zero-order valence-corrected chi connectivity index (χ0v) is 7.28. The van der Waals surface area contributed by atoms with E-state index in [1.54, 1.807) is 6.07 Å². The van der Waals surface area contributed by atoms with Crippen molar-refractivity contribution in [2.24, 2.45) is 0 Å². The van der Waals surface area contributed by atoms with Crippen LogP contribution < -0.4 is 0 Å². The molecule has 1 aromatic carbocycles. The number of aromatic nitrogens is 2. The monoisotopic (exact) mass is 161 g/mol. The number of benzene rings is 1. The summed E-state index contributed by atoms with van der Waals surface area (Å²) in [6.45, 7) is 4.17. The van der Waals surface area contributed by atoms with Crippen molar-refractivity contribution >= 4 is 10.9 Å². The lowest BCUT2D eigenvalue weighted by Gasteiger charge is -2.05. The standard InChI is InChI=1S/C10H12N2/c1-8(2)12-10-6-4-3-5-9(10)7-11-12/h3-8H,1-2H3/i4D. The van der Waals surface area contributed by atoms with Crippen molar-refractivity contribution in [1.29, 1.82) is 0 Å². The second-order valence-corrected chi connectivity index (χ2v) is 3.17. The first-order valence-corrected chi connectivity index (χ1v) is 4.12. The Morgan fingerprint density at radius 2 is 2.33 bits per heavy atom. The molecule has 0 atom stereocenters. The minimum absolute atomic E-state index is 0.347. The van der Waals surface area contributed by atoms with E-state index in [0.717, 1.165) is 10.9 Å². The van der Waals surface area contributed by atoms with E-state index in [9.17, 15) is 0 Å². The van der Waals surface area contributed by atoms with Gasteiger partial charge in [-0.2, -0.15) is 5.10 Å². The molecule has 0 radical (unpaired) electrons. The number of nitrogens with zero attached hydrogens (tertiary/aromatic N) is 2. The molecule has 0 bridgehead atoms. The third-order valence-electron chi connectivity index (χ3n) is 1.93. The molecule has 0 saturated carbocycles. The maximum atomic E-state index is 7.51. The van der Waals surface area contributed by atoms with E-state index in [-0.39, 0.29) is 0 Å². The highest BCUT2D eigenvalue weighted by molar-refractivity contribution is 5.78. The Morgan fingerprint density at radius 1 is 1.50 bits per heavy atom. The van der Waals surface area contributed by atoms with E-state index in [0.29, 0.717) is 12.1 Å². The van der Waals surface area contributed by atoms with E-state index in [1.165, 1.54) is 0 Å². The van der Waals surface area contributed by atoms with E-state index >= 15 is 0 Å². The largest absolute Gasteiger partial charge is 0.262 e. The quantitative estimate of drug-likeness (QED) is 0.628. The average molecular weight is 161 g/mol. The molecule has 2 heteroatoms. The summed E-state index contributed by atoms with van der Waals surface area (Å²) in [4.78, 5) is 0. The summed E-state index contributed by atoms with van der Waals surface area (Å²) in [5.74, 6) is 0. The summed E-state index contributed by atoms with van der Waals surface area (Å²) in [6.07, 6.45) is 1.84. The molecule has 2 nitrogen and oxygen atoms in total. The molecule has 1 heterocycles. The van der Waals surface area contributed by atoms with E-state index in [2.05, 4.69) is 18.9 Å². The molecule has 12 heavy (non-hydrogen) atoms. The van der Waals surface area contributed by atoms with Gasteiger partial charge >= 0.3 is 0 Å². The van der Waals surface area contributed by atoms with Gasteiger partial charge in [0.15, 0.2) is 0 Å². The fourth-order valence-electron chi connectivity index (χ4n) is 1.34. The summed E-state index contributed by atoms with van der Waals surface area (Å²) in [5, 5.41) is 5.37. The van der Waals surface area contributed by atoms with E-state index in [4.69, 9.17) is 1.37 Å². The minimum Gasteiger partial charge on any atom is -0.262 e. The van der Waals surface area contributed by atoms with Crippen LogP contribution in [0.25, 0.3) is 10.9 Å². The van der Waals surface area contributed by atoms with Crippen molar-refractivity contribution in [2.75, 3.05) is 0 Å². The van der Waals surface area contributed by atoms with Crippen LogP contribution in [0.4, 0.5) is 0 Å². The molecule has 2 aromatic rings. The smallest absolute Gasteiger partial charge is 0.0685 e. The number of fused-ring (bicyclic) bond motifs is 1. The Kier molecular flexibility index (Phi) is 1.36. The Morgan fingerprint density at radius 3 is 3.08 bits per heavy atom. The van der Waals surface area contributed by atoms with Gasteiger partial charge < -0.3 is 0 Å². The van der Waals surface area contributed by atoms with Crippen LogP contribution in [-0.4, -0.2) is 9.78 Å². The number of para-hydroxylation sites is 1. The van der Waals surface area contributed by atoms with Crippen molar-refractivity contribution in [3.05, 3.63) is 30.4 Å². The highest BCUT2D eigenvalue weighted by atomic mass is 15.3. The second kappa shape index (κ2) is 2.63. The molecule has 2 rings (SSSR count). The van der Waals surface area contributed by atoms with Crippen LogP contribution >= 0.6 is 0 Å². The molecule has 0 aliphatic heterocycles. The molecule has 0 aliphatic carbocycles. The molecule has 0 N–H and O–H groups in total. The van der Waals surface area contributed by atoms with Crippen LogP contribution in [0.5, 0.6) is 0 Å². The topological polar surface area (TPSA) is 17.8 Å². The van der Waals surface area contributed by atoms with Gasteiger partial charge in [0.25, 0.3) is 0 Å². The first-order chi connectivity index (χ1) is 6.18. The fourth-order valence-corrected chi connectivity index (χ4v) is 1.34. The second-order valence-electron chi connectivity index (χ2n) is 3.17. The van der Waals surface area contributed by atoms with Crippen LogP contribution in [0.15, 0.2) is 30.4 Å². The SMILES string of the molecule is [2H]c1ccc2cnn(C(C)C)c2c1. The molecule has 62 valence electrons. The van der Waals surface area contributed by atoms with Gasteiger partial charge in [-0.25, -0.2) is 0 Å². The van der Waals surface area contributed by atoms with Gasteiger partial charge in [0.1, 0.15) is 0 Å². The Balaban J connectivity index is 2.71. The van der Waals surface area contributed by atoms with Crippen LogP contribution in [0, 0.1) is 0 Å². The van der Waals surface area contributed by atoms with Crippen LogP contribution in [-0.2, 0) is 0 Å². The minimum atomic E-state index is 0.347. The van der Waals surface area contributed by atoms with Gasteiger partial charge in [-0.1, -0.05) is 18.2 Å². The summed E-state index contributed by atoms with van der Waals surface area (Å²) >= 11 is 0. The predicted octanol–water partition coefficient (Wildman–Crippen LogP) is 2.62. The summed E-state index contributed by atoms with van der Waals surface area (Å²) in [6, 6.07) is 6.45. The van der Waals surface area contributed by atoms with E-state index in [1.807, 2.05) is 23.0 Å². The first kappa shape index (κ1) is 6.23. The molecular formula is C10H12N2. The first-order valence-electron chi connectivity index (χ1n) is 4.62. The molecule has 0 saturated heterocycles. The molecule has 0 fully saturated rings. The predicted molar refractivity (Wildman–Crippen MR) is 50.1 cm³/mol. The zero-order valence-electron chi connectivity index (χ0n) is 8.28. The Hall–Kier alpha value is -1.31. The number of hydrogen-bond donors (Lipinski definition) is 0. The normalized spacial score (nSPS) is 12.4. The van der Waals surface area contributed by atoms with Crippen LogP contribution in [0.3, 0.4) is 0 Å². The molecule has 0 amide bonds. The molecule has 0 spiro atoms. The third-order valence-corrected chi connectivity index (χ3v) is 1.93. The van der Waals surface area contributed by atoms with Gasteiger partial charge in [-0.05, 0) is 19.9 Å². The molecule has 1 aromatic heterocycles. The highest BCUT2D eigenvalue weighted by Gasteiger charge is 2.02. The maximum Gasteiger partial charge on any atom is 0.0685 e. The average Bonchev–Trinajstić information content (AvgIpc) is 2.46. The van der Waals surface area contributed by atoms with Gasteiger partial charge in [-0.3, -0.25) is 4.68 Å². The fraction of sp³-hybridized carbons (Fsp3) is 0.300. The summed E-state index contributed by atoms with van der Waals surface area (Å²) < 4.78 is 9.45. The zero-order chi connectivity index (χ0) is 9.42. The van der Waals surface area contributed by atoms with Gasteiger partial charge in [0, 0.05) is 11.4 Å². The summed E-state index contributed by atoms with van der Waals surface area (Å²) in [5.41, 5.74) is 1.04. The van der Waals surface area contributed by atoms with Gasteiger partial charge in [0.05, 0.1) is 13.1 Å². The summed E-state index contributed by atoms with van der Waals surface area (Å²) in [7, 11) is 0. The van der Waals surface area contributed by atoms with Crippen molar-refractivity contribution in [1.82, 2.24) is 9.78 Å². The van der Waals surface area contributed by atoms with Crippen molar-refractivity contribution < 1.29 is 1.37 Å². The van der Waals surface area contributed by atoms with Gasteiger partial charge in [-0.15, -0.1) is 0 Å². The van der Waals surface area contributed by atoms with Crippen LogP contribution in [0.2, 0.25) is 0 Å². The van der Waals surface area contributed by atoms with Crippen molar-refractivity contribution in [3.8, 4) is 0 Å². The lowest BCUT2D eigenvalue weighted by molar-refractivity contribution is 0.551. The van der Waals surface area contributed by atoms with Crippen molar-refractivity contribution in [2.45, 2.75) is 19.9 Å². The van der Waals surface area contributed by atoms with E-state index < -0.39 is 0 Å². The van der Waals surface area contributed by atoms with Gasteiger partial charge in [0.2, 0.25) is 0 Å². The molecule has 0 unspecified atom stereocenters. The number of rotatable bonds is 1. The molecular weight excluding hydrogens is 148 g/mol. The lowest BCUT2D eigenvalue weighted by atomic mass is 10.2. The van der Waals surface area contributed by atoms with Crippen molar-refractivity contribution in [3.63, 3.8) is 0 Å². The Labute approximate surface area is 73.2 Å². The lowest BCUT2D eigenvalue weighted by Crippen LogP contribution is -2.01. The number of hydrogen-bond acceptors (Lipinski definition) is 1. The Bertz CT molecular complexity index is 431. The highest BCUT2D eigenvalue weighted by Crippen LogP contribution is 2.16. The van der Waals surface area contributed by atoms with Crippen LogP contribution in [0.1, 0.15) is 21.3 Å².